The molecule has 5 rings (SSSR count). The summed E-state index contributed by atoms with van der Waals surface area (Å²) in [5.74, 6) is -1.96. The number of carboxylic acid groups (broad SMARTS) is 1. The lowest BCUT2D eigenvalue weighted by Crippen LogP contribution is -2.59. The van der Waals surface area contributed by atoms with Crippen molar-refractivity contribution < 1.29 is 42.8 Å². The number of hydrogen-bond acceptors (Lipinski definition) is 9. The molecule has 1 spiro atoms. The zero-order valence-corrected chi connectivity index (χ0v) is 24.6. The number of ether oxygens (including phenoxy) is 1. The number of aromatic amines is 1. The molecular weight excluding hydrogens is 613 g/mol. The van der Waals surface area contributed by atoms with Gasteiger partial charge in [0.1, 0.15) is 11.3 Å². The molecule has 3 aromatic rings. The topological polar surface area (TPSA) is 147 Å². The monoisotopic (exact) mass is 644 g/mol. The lowest BCUT2D eigenvalue weighted by Gasteiger charge is -2.47. The zero-order valence-electron chi connectivity index (χ0n) is 22.9. The minimum absolute atomic E-state index is 0.0693. The maximum Gasteiger partial charge on any atom is 0.471 e. The molecule has 2 amide bonds. The van der Waals surface area contributed by atoms with Crippen LogP contribution in [0.15, 0.2) is 28.4 Å². The summed E-state index contributed by atoms with van der Waals surface area (Å²) >= 11 is 2.36. The van der Waals surface area contributed by atoms with Crippen molar-refractivity contribution in [2.75, 3.05) is 45.9 Å². The predicted octanol–water partition coefficient (Wildman–Crippen LogP) is 3.37. The first-order chi connectivity index (χ1) is 20.3. The van der Waals surface area contributed by atoms with Crippen LogP contribution in [-0.2, 0) is 22.5 Å². The number of rotatable bonds is 8. The summed E-state index contributed by atoms with van der Waals surface area (Å²) in [6.45, 7) is 1.68. The Balaban J connectivity index is 1.13. The van der Waals surface area contributed by atoms with Gasteiger partial charge >= 0.3 is 23.0 Å². The largest absolute Gasteiger partial charge is 0.506 e. The van der Waals surface area contributed by atoms with Gasteiger partial charge in [0, 0.05) is 43.2 Å². The van der Waals surface area contributed by atoms with E-state index in [0.29, 0.717) is 49.2 Å². The highest BCUT2D eigenvalue weighted by atomic mass is 32.1. The van der Waals surface area contributed by atoms with Crippen LogP contribution in [0.5, 0.6) is 5.75 Å². The van der Waals surface area contributed by atoms with Crippen molar-refractivity contribution in [3.8, 4) is 5.75 Å². The molecule has 11 nitrogen and oxygen atoms in total. The first-order valence-corrected chi connectivity index (χ1v) is 15.3. The van der Waals surface area contributed by atoms with Crippen LogP contribution in [0.1, 0.15) is 34.9 Å². The Morgan fingerprint density at radius 3 is 2.65 bits per heavy atom. The number of amides is 2. The first kappa shape index (κ1) is 31.3. The maximum absolute atomic E-state index is 12.9. The van der Waals surface area contributed by atoms with Crippen LogP contribution in [0.3, 0.4) is 0 Å². The van der Waals surface area contributed by atoms with E-state index in [1.165, 1.54) is 23.5 Å². The summed E-state index contributed by atoms with van der Waals surface area (Å²) in [6.07, 6.45) is -5.88. The number of piperidine rings is 1. The van der Waals surface area contributed by atoms with E-state index in [-0.39, 0.29) is 44.1 Å². The number of thiazole rings is 1. The number of carbonyl (C=O) groups is 2. The number of phenolic OH excluding ortho intramolecular Hbond substituents is 1. The van der Waals surface area contributed by atoms with E-state index in [1.807, 2.05) is 11.4 Å². The second-order valence-electron chi connectivity index (χ2n) is 10.8. The molecule has 16 heteroatoms. The number of carbonyl (C=O) groups excluding carboxylic acids is 1. The Kier molecular flexibility index (Phi) is 9.04. The molecule has 2 fully saturated rings. The number of likely N-dealkylation sites (tertiary alicyclic amines) is 1. The molecule has 4 heterocycles. The Bertz CT molecular complexity index is 1530. The number of aliphatic hydroxyl groups excluding tert-OH is 1. The molecular formula is C27H31F3N4O7S2. The third kappa shape index (κ3) is 7.15. The van der Waals surface area contributed by atoms with Crippen LogP contribution in [0.4, 0.5) is 18.0 Å². The number of aliphatic hydroxyl groups is 1. The SMILES string of the molecule is O=C(O)N(CCc1csc(CN2CCC3(CC2)CN(C(=O)C(F)(F)F)CCO3)c1)CC(O)c1ccc(O)c2[nH]c(=O)sc12. The normalized spacial score (nSPS) is 18.3. The molecule has 2 saturated heterocycles. The van der Waals surface area contributed by atoms with Crippen molar-refractivity contribution >= 4 is 44.9 Å². The molecule has 0 aliphatic carbocycles. The number of aromatic nitrogens is 1. The van der Waals surface area contributed by atoms with Gasteiger partial charge in [0.05, 0.1) is 36.1 Å². The standard InChI is InChI=1S/C27H31F3N4O7S2/c28-27(29,30)23(37)34-9-10-41-26(15-34)4-7-32(8-5-26)12-17-11-16(14-42-17)3-6-33(25(39)40)13-20(36)18-1-2-19(35)21-22(18)43-24(38)31-21/h1-2,11,14,20,35-36H,3-10,12-13,15H2,(H,31,38)(H,39,40). The summed E-state index contributed by atoms with van der Waals surface area (Å²) in [5.41, 5.74) is 0.711. The van der Waals surface area contributed by atoms with Crippen molar-refractivity contribution in [1.29, 1.82) is 0 Å². The summed E-state index contributed by atoms with van der Waals surface area (Å²) < 4.78 is 45.0. The van der Waals surface area contributed by atoms with Gasteiger partial charge in [-0.2, -0.15) is 13.2 Å². The summed E-state index contributed by atoms with van der Waals surface area (Å²) in [4.78, 5) is 42.8. The molecule has 4 N–H and O–H groups in total. The van der Waals surface area contributed by atoms with Crippen LogP contribution in [0, 0.1) is 0 Å². The third-order valence-corrected chi connectivity index (χ3v) is 9.82. The quantitative estimate of drug-likeness (QED) is 0.292. The van der Waals surface area contributed by atoms with Gasteiger partial charge in [0.25, 0.3) is 0 Å². The number of halogens is 3. The van der Waals surface area contributed by atoms with E-state index >= 15 is 0 Å². The Labute approximate surface area is 251 Å². The number of aromatic hydroxyl groups is 1. The molecule has 0 radical (unpaired) electrons. The fourth-order valence-corrected chi connectivity index (χ4v) is 7.50. The number of H-pyrrole nitrogens is 1. The van der Waals surface area contributed by atoms with Crippen molar-refractivity contribution in [1.82, 2.24) is 19.7 Å². The predicted molar refractivity (Wildman–Crippen MR) is 153 cm³/mol. The molecule has 43 heavy (non-hydrogen) atoms. The second kappa shape index (κ2) is 12.4. The van der Waals surface area contributed by atoms with Gasteiger partial charge in [0.15, 0.2) is 0 Å². The van der Waals surface area contributed by atoms with Crippen molar-refractivity contribution in [3.05, 3.63) is 49.3 Å². The number of thiophene rings is 1. The van der Waals surface area contributed by atoms with Crippen molar-refractivity contribution in [2.24, 2.45) is 0 Å². The fraction of sp³-hybridized carbons (Fsp3) is 0.519. The number of alkyl halides is 3. The van der Waals surface area contributed by atoms with E-state index in [4.69, 9.17) is 4.74 Å². The Morgan fingerprint density at radius 2 is 1.95 bits per heavy atom. The summed E-state index contributed by atoms with van der Waals surface area (Å²) in [6, 6.07) is 4.81. The maximum atomic E-state index is 12.9. The van der Waals surface area contributed by atoms with Crippen LogP contribution in [0.25, 0.3) is 10.2 Å². The number of nitrogens with one attached hydrogen (secondary N) is 1. The first-order valence-electron chi connectivity index (χ1n) is 13.6. The van der Waals surface area contributed by atoms with E-state index in [9.17, 15) is 42.9 Å². The average Bonchev–Trinajstić information content (AvgIpc) is 3.57. The van der Waals surface area contributed by atoms with Crippen molar-refractivity contribution in [2.45, 2.75) is 43.7 Å². The lowest BCUT2D eigenvalue weighted by molar-refractivity contribution is -0.200. The van der Waals surface area contributed by atoms with Gasteiger partial charge in [-0.25, -0.2) is 4.79 Å². The number of nitrogens with zero attached hydrogens (tertiary/aromatic N) is 3. The number of morpholine rings is 1. The van der Waals surface area contributed by atoms with Crippen molar-refractivity contribution in [3.63, 3.8) is 0 Å². The third-order valence-electron chi connectivity index (χ3n) is 7.91. The van der Waals surface area contributed by atoms with Crippen LogP contribution >= 0.6 is 22.7 Å². The highest BCUT2D eigenvalue weighted by Gasteiger charge is 2.48. The molecule has 2 aliphatic rings. The highest BCUT2D eigenvalue weighted by molar-refractivity contribution is 7.16. The fourth-order valence-electron chi connectivity index (χ4n) is 5.62. The molecule has 0 bridgehead atoms. The van der Waals surface area contributed by atoms with Gasteiger partial charge in [-0.15, -0.1) is 11.3 Å². The molecule has 1 aromatic carbocycles. The molecule has 2 aliphatic heterocycles. The van der Waals surface area contributed by atoms with Gasteiger partial charge in [-0.05, 0) is 42.3 Å². The molecule has 2 aromatic heterocycles. The minimum atomic E-state index is -4.90. The second-order valence-corrected chi connectivity index (χ2v) is 12.8. The number of hydrogen-bond donors (Lipinski definition) is 4. The van der Waals surface area contributed by atoms with E-state index in [2.05, 4.69) is 9.88 Å². The molecule has 234 valence electrons. The molecule has 1 atom stereocenters. The Morgan fingerprint density at radius 1 is 1.21 bits per heavy atom. The van der Waals surface area contributed by atoms with Gasteiger partial charge in [-0.3, -0.25) is 14.5 Å². The van der Waals surface area contributed by atoms with Gasteiger partial charge < -0.3 is 34.8 Å². The van der Waals surface area contributed by atoms with E-state index in [0.717, 1.165) is 31.6 Å². The van der Waals surface area contributed by atoms with Gasteiger partial charge in [0.2, 0.25) is 0 Å². The number of fused-ring (bicyclic) bond motifs is 1. The summed E-state index contributed by atoms with van der Waals surface area (Å²) in [7, 11) is 0. The Hall–Kier alpha value is -3.18. The molecule has 0 saturated carbocycles. The number of phenols is 1. The van der Waals surface area contributed by atoms with Crippen LogP contribution < -0.4 is 4.87 Å². The zero-order chi connectivity index (χ0) is 30.9. The van der Waals surface area contributed by atoms with E-state index < -0.39 is 34.8 Å². The molecule has 1 unspecified atom stereocenters. The average molecular weight is 645 g/mol. The highest BCUT2D eigenvalue weighted by Crippen LogP contribution is 2.34. The van der Waals surface area contributed by atoms with E-state index in [1.54, 1.807) is 0 Å². The number of benzene rings is 1. The van der Waals surface area contributed by atoms with Gasteiger partial charge in [-0.1, -0.05) is 17.4 Å². The minimum Gasteiger partial charge on any atom is -0.506 e. The lowest BCUT2D eigenvalue weighted by atomic mass is 9.89. The summed E-state index contributed by atoms with van der Waals surface area (Å²) in [5, 5.41) is 32.5. The van der Waals surface area contributed by atoms with Crippen LogP contribution in [-0.4, -0.2) is 105 Å². The van der Waals surface area contributed by atoms with Crippen LogP contribution in [0.2, 0.25) is 0 Å². The smallest absolute Gasteiger partial charge is 0.471 e.